The minimum Gasteiger partial charge on any atom is -0.465 e. The standard InChI is InChI=1S/C8H14N4O2/c1-4-12-6(9)5(8(13)14-3)7(10-2)11-12/h4,9H2,1-3H3,(H,10,11). The molecular formula is C8H14N4O2. The second kappa shape index (κ2) is 3.99. The zero-order chi connectivity index (χ0) is 10.7. The van der Waals surface area contributed by atoms with Crippen molar-refractivity contribution in [3.8, 4) is 0 Å². The molecule has 1 aromatic heterocycles. The highest BCUT2D eigenvalue weighted by atomic mass is 16.5. The van der Waals surface area contributed by atoms with E-state index in [0.717, 1.165) is 0 Å². The molecule has 0 aliphatic heterocycles. The molecule has 14 heavy (non-hydrogen) atoms. The van der Waals surface area contributed by atoms with Crippen LogP contribution in [0.4, 0.5) is 11.6 Å². The van der Waals surface area contributed by atoms with Gasteiger partial charge in [0.1, 0.15) is 11.4 Å². The van der Waals surface area contributed by atoms with Crippen molar-refractivity contribution in [1.29, 1.82) is 0 Å². The van der Waals surface area contributed by atoms with Crippen molar-refractivity contribution in [2.45, 2.75) is 13.5 Å². The lowest BCUT2D eigenvalue weighted by atomic mass is 10.3. The molecule has 1 rings (SSSR count). The van der Waals surface area contributed by atoms with E-state index < -0.39 is 5.97 Å². The summed E-state index contributed by atoms with van der Waals surface area (Å²) in [4.78, 5) is 11.3. The molecule has 0 fully saturated rings. The van der Waals surface area contributed by atoms with E-state index in [1.54, 1.807) is 7.05 Å². The molecule has 0 saturated heterocycles. The molecular weight excluding hydrogens is 184 g/mol. The van der Waals surface area contributed by atoms with E-state index in [9.17, 15) is 4.79 Å². The van der Waals surface area contributed by atoms with Crippen molar-refractivity contribution in [3.05, 3.63) is 5.56 Å². The molecule has 0 radical (unpaired) electrons. The minimum atomic E-state index is -0.480. The van der Waals surface area contributed by atoms with Gasteiger partial charge in [0.2, 0.25) is 0 Å². The summed E-state index contributed by atoms with van der Waals surface area (Å²) in [7, 11) is 2.98. The lowest BCUT2D eigenvalue weighted by Gasteiger charge is -2.00. The van der Waals surface area contributed by atoms with Gasteiger partial charge >= 0.3 is 5.97 Å². The fourth-order valence-corrected chi connectivity index (χ4v) is 1.19. The highest BCUT2D eigenvalue weighted by Crippen LogP contribution is 2.21. The summed E-state index contributed by atoms with van der Waals surface area (Å²) in [5, 5.41) is 6.89. The molecule has 0 aromatic carbocycles. The van der Waals surface area contributed by atoms with Crippen molar-refractivity contribution in [1.82, 2.24) is 9.78 Å². The van der Waals surface area contributed by atoms with Crippen molar-refractivity contribution in [2.75, 3.05) is 25.2 Å². The molecule has 6 heteroatoms. The number of anilines is 2. The Hall–Kier alpha value is -1.72. The number of hydrogen-bond acceptors (Lipinski definition) is 5. The predicted octanol–water partition coefficient (Wildman–Crippen LogP) is 0.314. The van der Waals surface area contributed by atoms with Crippen molar-refractivity contribution >= 4 is 17.6 Å². The highest BCUT2D eigenvalue weighted by Gasteiger charge is 2.21. The van der Waals surface area contributed by atoms with E-state index in [-0.39, 0.29) is 5.56 Å². The Labute approximate surface area is 82.0 Å². The van der Waals surface area contributed by atoms with Gasteiger partial charge in [-0.3, -0.25) is 0 Å². The average molecular weight is 198 g/mol. The largest absolute Gasteiger partial charge is 0.465 e. The summed E-state index contributed by atoms with van der Waals surface area (Å²) >= 11 is 0. The Morgan fingerprint density at radius 2 is 2.36 bits per heavy atom. The zero-order valence-corrected chi connectivity index (χ0v) is 8.50. The Bertz CT molecular complexity index is 345. The SMILES string of the molecule is CCn1nc(NC)c(C(=O)OC)c1N. The van der Waals surface area contributed by atoms with E-state index in [2.05, 4.69) is 15.2 Å². The molecule has 0 bridgehead atoms. The van der Waals surface area contributed by atoms with Crippen LogP contribution in [0.15, 0.2) is 0 Å². The third-order valence-corrected chi connectivity index (χ3v) is 1.92. The monoisotopic (exact) mass is 198 g/mol. The highest BCUT2D eigenvalue weighted by molar-refractivity contribution is 5.99. The molecule has 1 heterocycles. The Balaban J connectivity index is 3.24. The fourth-order valence-electron chi connectivity index (χ4n) is 1.19. The van der Waals surface area contributed by atoms with Crippen LogP contribution in [0.3, 0.4) is 0 Å². The van der Waals surface area contributed by atoms with E-state index in [1.807, 2.05) is 6.92 Å². The predicted molar refractivity (Wildman–Crippen MR) is 53.2 cm³/mol. The quantitative estimate of drug-likeness (QED) is 0.683. The van der Waals surface area contributed by atoms with Crippen LogP contribution >= 0.6 is 0 Å². The van der Waals surface area contributed by atoms with Crippen LogP contribution in [0.2, 0.25) is 0 Å². The number of esters is 1. The zero-order valence-electron chi connectivity index (χ0n) is 8.50. The van der Waals surface area contributed by atoms with Crippen LogP contribution in [0.5, 0.6) is 0 Å². The van der Waals surface area contributed by atoms with Gasteiger partial charge in [-0.15, -0.1) is 0 Å². The minimum absolute atomic E-state index is 0.289. The maximum atomic E-state index is 11.3. The summed E-state index contributed by atoms with van der Waals surface area (Å²) in [6.45, 7) is 2.50. The molecule has 0 aliphatic carbocycles. The first-order chi connectivity index (χ1) is 6.65. The average Bonchev–Trinajstić information content (AvgIpc) is 2.53. The van der Waals surface area contributed by atoms with E-state index >= 15 is 0 Å². The summed E-state index contributed by atoms with van der Waals surface area (Å²) in [5.41, 5.74) is 6.02. The molecule has 78 valence electrons. The van der Waals surface area contributed by atoms with Gasteiger partial charge in [-0.1, -0.05) is 0 Å². The molecule has 0 saturated carbocycles. The van der Waals surface area contributed by atoms with E-state index in [1.165, 1.54) is 11.8 Å². The number of rotatable bonds is 3. The van der Waals surface area contributed by atoms with Crippen LogP contribution < -0.4 is 11.1 Å². The number of hydrogen-bond donors (Lipinski definition) is 2. The molecule has 0 unspecified atom stereocenters. The number of aromatic nitrogens is 2. The smallest absolute Gasteiger partial charge is 0.345 e. The van der Waals surface area contributed by atoms with Gasteiger partial charge in [0.15, 0.2) is 5.82 Å². The van der Waals surface area contributed by atoms with E-state index in [0.29, 0.717) is 18.2 Å². The summed E-state index contributed by atoms with van der Waals surface area (Å²) in [5.74, 6) is 0.284. The van der Waals surface area contributed by atoms with Crippen molar-refractivity contribution in [3.63, 3.8) is 0 Å². The number of nitrogens with zero attached hydrogens (tertiary/aromatic N) is 2. The number of carbonyl (C=O) groups excluding carboxylic acids is 1. The van der Waals surface area contributed by atoms with Crippen molar-refractivity contribution in [2.24, 2.45) is 0 Å². The number of nitrogen functional groups attached to an aromatic ring is 1. The summed E-state index contributed by atoms with van der Waals surface area (Å²) < 4.78 is 6.14. The maximum Gasteiger partial charge on any atom is 0.345 e. The van der Waals surface area contributed by atoms with Crippen molar-refractivity contribution < 1.29 is 9.53 Å². The second-order valence-corrected chi connectivity index (χ2v) is 2.67. The molecule has 0 amide bonds. The Morgan fingerprint density at radius 1 is 1.71 bits per heavy atom. The molecule has 1 aromatic rings. The van der Waals surface area contributed by atoms with E-state index in [4.69, 9.17) is 5.73 Å². The van der Waals surface area contributed by atoms with Crippen LogP contribution in [-0.4, -0.2) is 29.9 Å². The third-order valence-electron chi connectivity index (χ3n) is 1.92. The number of aryl methyl sites for hydroxylation is 1. The molecule has 0 spiro atoms. The van der Waals surface area contributed by atoms with Gasteiger partial charge in [-0.05, 0) is 6.92 Å². The molecule has 0 aliphatic rings. The van der Waals surface area contributed by atoms with Crippen LogP contribution in [0.25, 0.3) is 0 Å². The van der Waals surface area contributed by atoms with Crippen LogP contribution in [0.1, 0.15) is 17.3 Å². The van der Waals surface area contributed by atoms with Crippen LogP contribution in [0, 0.1) is 0 Å². The normalized spacial score (nSPS) is 9.93. The fraction of sp³-hybridized carbons (Fsp3) is 0.500. The van der Waals surface area contributed by atoms with Gasteiger partial charge in [-0.25, -0.2) is 9.48 Å². The number of carbonyl (C=O) groups is 1. The lowest BCUT2D eigenvalue weighted by molar-refractivity contribution is 0.0603. The van der Waals surface area contributed by atoms with Gasteiger partial charge in [0.05, 0.1) is 7.11 Å². The van der Waals surface area contributed by atoms with Gasteiger partial charge in [-0.2, -0.15) is 5.10 Å². The number of ether oxygens (including phenoxy) is 1. The lowest BCUT2D eigenvalue weighted by Crippen LogP contribution is -2.08. The topological polar surface area (TPSA) is 82.2 Å². The van der Waals surface area contributed by atoms with Crippen LogP contribution in [-0.2, 0) is 11.3 Å². The first-order valence-electron chi connectivity index (χ1n) is 4.28. The Morgan fingerprint density at radius 3 is 2.79 bits per heavy atom. The molecule has 0 atom stereocenters. The molecule has 3 N–H and O–H groups in total. The second-order valence-electron chi connectivity index (χ2n) is 2.67. The summed E-state index contributed by atoms with van der Waals surface area (Å²) in [6.07, 6.45) is 0. The number of methoxy groups -OCH3 is 1. The first kappa shape index (κ1) is 10.4. The van der Waals surface area contributed by atoms with Gasteiger partial charge in [0.25, 0.3) is 0 Å². The summed E-state index contributed by atoms with van der Waals surface area (Å²) in [6, 6.07) is 0. The number of nitrogens with one attached hydrogen (secondary N) is 1. The Kier molecular flexibility index (Phi) is 2.95. The van der Waals surface area contributed by atoms with Gasteiger partial charge in [0, 0.05) is 13.6 Å². The van der Waals surface area contributed by atoms with Gasteiger partial charge < -0.3 is 15.8 Å². The molecule has 6 nitrogen and oxygen atoms in total. The first-order valence-corrected chi connectivity index (χ1v) is 4.28. The third kappa shape index (κ3) is 1.50. The number of nitrogens with two attached hydrogens (primary N) is 1. The maximum absolute atomic E-state index is 11.3.